The molecule has 8 heteroatoms. The first kappa shape index (κ1) is 17.0. The van der Waals surface area contributed by atoms with E-state index < -0.39 is 18.4 Å². The van der Waals surface area contributed by atoms with Crippen molar-refractivity contribution in [2.24, 2.45) is 0 Å². The summed E-state index contributed by atoms with van der Waals surface area (Å²) >= 11 is 0. The molecule has 0 radical (unpaired) electrons. The summed E-state index contributed by atoms with van der Waals surface area (Å²) in [5, 5.41) is 19.3. The molecule has 3 N–H and O–H groups in total. The number of aromatic amines is 1. The summed E-state index contributed by atoms with van der Waals surface area (Å²) < 4.78 is 6.56. The van der Waals surface area contributed by atoms with Crippen molar-refractivity contribution in [3.05, 3.63) is 50.8 Å². The van der Waals surface area contributed by atoms with Crippen molar-refractivity contribution in [3.8, 4) is 11.4 Å². The summed E-state index contributed by atoms with van der Waals surface area (Å²) in [7, 11) is -0.313. The minimum absolute atomic E-state index is 0.146. The van der Waals surface area contributed by atoms with E-state index in [2.05, 4.69) is 4.98 Å². The number of hydrogen-bond donors (Lipinski definition) is 3. The maximum Gasteiger partial charge on any atom is 0.492 e. The second-order valence-electron chi connectivity index (χ2n) is 6.22. The highest BCUT2D eigenvalue weighted by Gasteiger charge is 2.27. The van der Waals surface area contributed by atoms with E-state index in [0.717, 1.165) is 0 Å². The number of hydrogen-bond acceptors (Lipinski definition) is 5. The van der Waals surface area contributed by atoms with Gasteiger partial charge in [0.2, 0.25) is 0 Å². The van der Waals surface area contributed by atoms with Gasteiger partial charge in [0.15, 0.2) is 0 Å². The Balaban J connectivity index is 2.83. The first-order valence-corrected chi connectivity index (χ1v) is 7.06. The molecule has 2 rings (SSSR count). The lowest BCUT2D eigenvalue weighted by Gasteiger charge is -2.25. The summed E-state index contributed by atoms with van der Waals surface area (Å²) in [4.78, 5) is 25.4. The van der Waals surface area contributed by atoms with Crippen LogP contribution < -0.4 is 21.4 Å². The third-order valence-electron chi connectivity index (χ3n) is 3.49. The van der Waals surface area contributed by atoms with Crippen LogP contribution in [0.25, 0.3) is 5.69 Å². The van der Waals surface area contributed by atoms with E-state index in [-0.39, 0.29) is 10.9 Å². The summed E-state index contributed by atoms with van der Waals surface area (Å²) in [5.41, 5.74) is -0.220. The van der Waals surface area contributed by atoms with Crippen molar-refractivity contribution in [1.82, 2.24) is 9.55 Å². The topological polar surface area (TPSA) is 105 Å². The Kier molecular flexibility index (Phi) is 4.49. The number of rotatable bonds is 3. The third kappa shape index (κ3) is 3.38. The highest BCUT2D eigenvalue weighted by atomic mass is 16.5. The molecule has 0 aliphatic heterocycles. The monoisotopic (exact) mass is 318 g/mol. The fraction of sp³-hybridized carbons (Fsp3) is 0.333. The van der Waals surface area contributed by atoms with Gasteiger partial charge in [0.05, 0.1) is 12.8 Å². The maximum atomic E-state index is 12.0. The zero-order valence-corrected chi connectivity index (χ0v) is 13.5. The molecule has 0 aliphatic rings. The highest BCUT2D eigenvalue weighted by molar-refractivity contribution is 6.60. The Bertz CT molecular complexity index is 833. The Hall–Kier alpha value is -2.32. The minimum Gasteiger partial charge on any atom is -0.497 e. The molecule has 7 nitrogen and oxygen atoms in total. The van der Waals surface area contributed by atoms with E-state index in [9.17, 15) is 19.6 Å². The molecule has 122 valence electrons. The molecule has 0 unspecified atom stereocenters. The van der Waals surface area contributed by atoms with Crippen LogP contribution in [0.5, 0.6) is 5.75 Å². The second-order valence-corrected chi connectivity index (χ2v) is 6.22. The van der Waals surface area contributed by atoms with Crippen LogP contribution in [0.4, 0.5) is 0 Å². The summed E-state index contributed by atoms with van der Waals surface area (Å²) in [6.45, 7) is 5.83. The smallest absolute Gasteiger partial charge is 0.492 e. The standard InChI is InChI=1S/C15H19BN2O5/c1-15(2,3)10-7-9(8-11(16(21)22)13(10)23-4)18-6-5-12(19)17-14(18)20/h5-8,21-22H,1-4H3,(H,17,19,20). The van der Waals surface area contributed by atoms with Crippen LogP contribution in [-0.4, -0.2) is 33.8 Å². The predicted molar refractivity (Wildman–Crippen MR) is 87.7 cm³/mol. The van der Waals surface area contributed by atoms with Gasteiger partial charge in [-0.1, -0.05) is 20.8 Å². The van der Waals surface area contributed by atoms with Crippen molar-refractivity contribution in [1.29, 1.82) is 0 Å². The Morgan fingerprint density at radius 1 is 1.22 bits per heavy atom. The van der Waals surface area contributed by atoms with E-state index in [0.29, 0.717) is 17.0 Å². The lowest BCUT2D eigenvalue weighted by Crippen LogP contribution is -2.35. The van der Waals surface area contributed by atoms with Crippen LogP contribution in [0.15, 0.2) is 34.0 Å². The van der Waals surface area contributed by atoms with Crippen LogP contribution in [0.3, 0.4) is 0 Å². The van der Waals surface area contributed by atoms with E-state index >= 15 is 0 Å². The average molecular weight is 318 g/mol. The number of nitrogens with zero attached hydrogens (tertiary/aromatic N) is 1. The molecule has 1 heterocycles. The van der Waals surface area contributed by atoms with Crippen LogP contribution in [0.2, 0.25) is 0 Å². The molecule has 0 saturated heterocycles. The Morgan fingerprint density at radius 3 is 2.35 bits per heavy atom. The third-order valence-corrected chi connectivity index (χ3v) is 3.49. The number of H-pyrrole nitrogens is 1. The molecule has 0 saturated carbocycles. The number of ether oxygens (including phenoxy) is 1. The lowest BCUT2D eigenvalue weighted by molar-refractivity contribution is 0.391. The Labute approximate surface area is 133 Å². The van der Waals surface area contributed by atoms with Gasteiger partial charge in [-0.3, -0.25) is 14.3 Å². The average Bonchev–Trinajstić information content (AvgIpc) is 2.44. The molecule has 2 aromatic rings. The quantitative estimate of drug-likeness (QED) is 0.663. The van der Waals surface area contributed by atoms with E-state index in [1.54, 1.807) is 6.07 Å². The van der Waals surface area contributed by atoms with Gasteiger partial charge in [0.25, 0.3) is 5.56 Å². The van der Waals surface area contributed by atoms with Gasteiger partial charge < -0.3 is 14.8 Å². The van der Waals surface area contributed by atoms with Gasteiger partial charge in [-0.2, -0.15) is 0 Å². The van der Waals surface area contributed by atoms with E-state index in [4.69, 9.17) is 4.74 Å². The highest BCUT2D eigenvalue weighted by Crippen LogP contribution is 2.31. The number of benzene rings is 1. The van der Waals surface area contributed by atoms with Crippen LogP contribution in [0, 0.1) is 0 Å². The maximum absolute atomic E-state index is 12.0. The van der Waals surface area contributed by atoms with Gasteiger partial charge in [-0.25, -0.2) is 4.79 Å². The molecular weight excluding hydrogens is 299 g/mol. The van der Waals surface area contributed by atoms with Crippen molar-refractivity contribution in [2.75, 3.05) is 7.11 Å². The molecule has 23 heavy (non-hydrogen) atoms. The first-order valence-electron chi connectivity index (χ1n) is 7.06. The molecule has 0 atom stereocenters. The number of methoxy groups -OCH3 is 1. The number of aromatic nitrogens is 2. The van der Waals surface area contributed by atoms with Gasteiger partial charge in [-0.15, -0.1) is 0 Å². The largest absolute Gasteiger partial charge is 0.497 e. The SMILES string of the molecule is COc1c(B(O)O)cc(-n2ccc(=O)[nH]c2=O)cc1C(C)(C)C. The Morgan fingerprint density at radius 2 is 1.87 bits per heavy atom. The second kappa shape index (κ2) is 6.06. The zero-order chi connectivity index (χ0) is 17.4. The van der Waals surface area contributed by atoms with E-state index in [1.807, 2.05) is 20.8 Å². The molecule has 0 spiro atoms. The van der Waals surface area contributed by atoms with Gasteiger partial charge in [-0.05, 0) is 17.5 Å². The molecule has 0 fully saturated rings. The number of nitrogens with one attached hydrogen (secondary N) is 1. The molecule has 1 aromatic carbocycles. The predicted octanol–water partition coefficient (Wildman–Crippen LogP) is -0.488. The first-order chi connectivity index (χ1) is 10.6. The normalized spacial score (nSPS) is 11.4. The zero-order valence-electron chi connectivity index (χ0n) is 13.5. The lowest BCUT2D eigenvalue weighted by atomic mass is 9.74. The summed E-state index contributed by atoms with van der Waals surface area (Å²) in [5.74, 6) is 0.355. The van der Waals surface area contributed by atoms with Crippen molar-refractivity contribution < 1.29 is 14.8 Å². The van der Waals surface area contributed by atoms with Crippen LogP contribution in [-0.2, 0) is 5.41 Å². The molecule has 0 bridgehead atoms. The fourth-order valence-electron chi connectivity index (χ4n) is 2.37. The molecule has 0 aliphatic carbocycles. The minimum atomic E-state index is -1.76. The van der Waals surface area contributed by atoms with Crippen molar-refractivity contribution in [3.63, 3.8) is 0 Å². The van der Waals surface area contributed by atoms with Gasteiger partial charge >= 0.3 is 12.8 Å². The molecule has 0 amide bonds. The summed E-state index contributed by atoms with van der Waals surface area (Å²) in [6, 6.07) is 4.39. The molecular formula is C15H19BN2O5. The van der Waals surface area contributed by atoms with E-state index in [1.165, 1.54) is 30.0 Å². The van der Waals surface area contributed by atoms with Crippen molar-refractivity contribution >= 4 is 12.6 Å². The van der Waals surface area contributed by atoms with Gasteiger partial charge in [0, 0.05) is 23.3 Å². The fourth-order valence-corrected chi connectivity index (χ4v) is 2.37. The van der Waals surface area contributed by atoms with Crippen LogP contribution >= 0.6 is 0 Å². The van der Waals surface area contributed by atoms with Gasteiger partial charge in [0.1, 0.15) is 5.75 Å². The van der Waals surface area contributed by atoms with Crippen molar-refractivity contribution in [2.45, 2.75) is 26.2 Å². The summed E-state index contributed by atoms with van der Waals surface area (Å²) in [6.07, 6.45) is 1.34. The van der Waals surface area contributed by atoms with Crippen LogP contribution in [0.1, 0.15) is 26.3 Å². The molecule has 1 aromatic heterocycles.